The Bertz CT molecular complexity index is 742. The van der Waals surface area contributed by atoms with E-state index in [4.69, 9.17) is 0 Å². The van der Waals surface area contributed by atoms with Gasteiger partial charge in [0.25, 0.3) is 0 Å². The summed E-state index contributed by atoms with van der Waals surface area (Å²) in [5, 5.41) is 6.07. The molecule has 1 N–H and O–H groups in total. The van der Waals surface area contributed by atoms with Crippen molar-refractivity contribution < 1.29 is 18.0 Å². The van der Waals surface area contributed by atoms with Gasteiger partial charge in [-0.25, -0.2) is 9.97 Å². The van der Waals surface area contributed by atoms with E-state index in [2.05, 4.69) is 30.2 Å². The number of rotatable bonds is 6. The Morgan fingerprint density at radius 3 is 2.48 bits per heavy atom. The summed E-state index contributed by atoms with van der Waals surface area (Å²) in [6.45, 7) is 4.09. The first kappa shape index (κ1) is 19.1. The maximum Gasteiger partial charge on any atom is 0.435 e. The van der Waals surface area contributed by atoms with E-state index in [1.54, 1.807) is 18.5 Å². The molecule has 3 heterocycles. The summed E-state index contributed by atoms with van der Waals surface area (Å²) in [6, 6.07) is 2.62. The number of hydrogen-bond acceptors (Lipinski definition) is 6. The van der Waals surface area contributed by atoms with E-state index in [1.165, 1.54) is 0 Å². The number of halogens is 3. The highest BCUT2D eigenvalue weighted by Gasteiger charge is 2.33. The number of aromatic nitrogens is 4. The van der Waals surface area contributed by atoms with Crippen molar-refractivity contribution in [1.29, 1.82) is 0 Å². The molecule has 2 aromatic rings. The Morgan fingerprint density at radius 1 is 1.15 bits per heavy atom. The van der Waals surface area contributed by atoms with Gasteiger partial charge in [0, 0.05) is 57.9 Å². The molecule has 146 valence electrons. The first-order valence-corrected chi connectivity index (χ1v) is 8.53. The summed E-state index contributed by atoms with van der Waals surface area (Å²) in [4.78, 5) is 24.6. The molecule has 0 aromatic carbocycles. The summed E-state index contributed by atoms with van der Waals surface area (Å²) in [5.74, 6) is 0.339. The quantitative estimate of drug-likeness (QED) is 0.788. The van der Waals surface area contributed by atoms with Gasteiger partial charge in [-0.1, -0.05) is 0 Å². The number of alkyl halides is 3. The van der Waals surface area contributed by atoms with Crippen LogP contribution in [0.5, 0.6) is 0 Å². The van der Waals surface area contributed by atoms with Crippen molar-refractivity contribution in [3.05, 3.63) is 36.4 Å². The molecular weight excluding hydrogens is 363 g/mol. The smallest absolute Gasteiger partial charge is 0.353 e. The number of carbonyl (C=O) groups excluding carboxylic acids is 1. The van der Waals surface area contributed by atoms with Crippen LogP contribution in [0.2, 0.25) is 0 Å². The predicted molar refractivity (Wildman–Crippen MR) is 90.9 cm³/mol. The summed E-state index contributed by atoms with van der Waals surface area (Å²) < 4.78 is 38.5. The van der Waals surface area contributed by atoms with E-state index in [1.807, 2.05) is 0 Å². The molecule has 1 amide bonds. The molecule has 27 heavy (non-hydrogen) atoms. The van der Waals surface area contributed by atoms with Gasteiger partial charge in [0.15, 0.2) is 5.69 Å². The van der Waals surface area contributed by atoms with Gasteiger partial charge < -0.3 is 10.2 Å². The molecule has 0 saturated carbocycles. The first-order valence-electron chi connectivity index (χ1n) is 8.53. The molecule has 0 bridgehead atoms. The first-order chi connectivity index (χ1) is 12.9. The fourth-order valence-corrected chi connectivity index (χ4v) is 2.78. The molecule has 1 aliphatic rings. The summed E-state index contributed by atoms with van der Waals surface area (Å²) in [7, 11) is 0. The predicted octanol–water partition coefficient (Wildman–Crippen LogP) is 0.630. The average molecular weight is 383 g/mol. The van der Waals surface area contributed by atoms with E-state index in [-0.39, 0.29) is 12.5 Å². The van der Waals surface area contributed by atoms with Crippen molar-refractivity contribution in [3.63, 3.8) is 0 Å². The second kappa shape index (κ2) is 8.33. The minimum atomic E-state index is -4.51. The molecule has 0 spiro atoms. The molecule has 0 atom stereocenters. The maximum absolute atomic E-state index is 12.5. The number of anilines is 1. The van der Waals surface area contributed by atoms with Crippen molar-refractivity contribution in [2.75, 3.05) is 44.2 Å². The van der Waals surface area contributed by atoms with Gasteiger partial charge in [0.05, 0.1) is 0 Å². The lowest BCUT2D eigenvalue weighted by molar-refractivity contribution is -0.141. The SMILES string of the molecule is O=C(Cn1ccc(C(F)(F)F)n1)NCCN1CCN(c2ncccn2)CC1. The third kappa shape index (κ3) is 5.39. The highest BCUT2D eigenvalue weighted by atomic mass is 19.4. The Hall–Kier alpha value is -2.69. The van der Waals surface area contributed by atoms with Crippen molar-refractivity contribution in [2.24, 2.45) is 0 Å². The van der Waals surface area contributed by atoms with Gasteiger partial charge in [-0.3, -0.25) is 14.4 Å². The topological polar surface area (TPSA) is 79.2 Å². The molecule has 2 aromatic heterocycles. The van der Waals surface area contributed by atoms with Crippen LogP contribution in [0.4, 0.5) is 19.1 Å². The van der Waals surface area contributed by atoms with Crippen LogP contribution in [0.3, 0.4) is 0 Å². The summed E-state index contributed by atoms with van der Waals surface area (Å²) >= 11 is 0. The zero-order valence-corrected chi connectivity index (χ0v) is 14.6. The number of hydrogen-bond donors (Lipinski definition) is 1. The van der Waals surface area contributed by atoms with Crippen LogP contribution in [-0.2, 0) is 17.5 Å². The van der Waals surface area contributed by atoms with Gasteiger partial charge in [0.1, 0.15) is 6.54 Å². The third-order valence-corrected chi connectivity index (χ3v) is 4.19. The Morgan fingerprint density at radius 2 is 1.85 bits per heavy atom. The molecule has 0 radical (unpaired) electrons. The van der Waals surface area contributed by atoms with E-state index in [0.29, 0.717) is 19.0 Å². The molecule has 11 heteroatoms. The van der Waals surface area contributed by atoms with Gasteiger partial charge in [-0.15, -0.1) is 0 Å². The van der Waals surface area contributed by atoms with Gasteiger partial charge in [0.2, 0.25) is 11.9 Å². The maximum atomic E-state index is 12.5. The molecule has 3 rings (SSSR count). The van der Waals surface area contributed by atoms with Crippen LogP contribution in [0.25, 0.3) is 0 Å². The Balaban J connectivity index is 1.35. The lowest BCUT2D eigenvalue weighted by Gasteiger charge is -2.34. The normalized spacial score (nSPS) is 15.7. The van der Waals surface area contributed by atoms with Gasteiger partial charge in [-0.2, -0.15) is 18.3 Å². The molecule has 8 nitrogen and oxygen atoms in total. The van der Waals surface area contributed by atoms with E-state index in [9.17, 15) is 18.0 Å². The van der Waals surface area contributed by atoms with E-state index >= 15 is 0 Å². The zero-order valence-electron chi connectivity index (χ0n) is 14.6. The van der Waals surface area contributed by atoms with Crippen molar-refractivity contribution in [2.45, 2.75) is 12.7 Å². The monoisotopic (exact) mass is 383 g/mol. The lowest BCUT2D eigenvalue weighted by Crippen LogP contribution is -2.49. The van der Waals surface area contributed by atoms with Crippen molar-refractivity contribution >= 4 is 11.9 Å². The van der Waals surface area contributed by atoms with Crippen LogP contribution in [-0.4, -0.2) is 69.8 Å². The van der Waals surface area contributed by atoms with Gasteiger partial charge >= 0.3 is 6.18 Å². The van der Waals surface area contributed by atoms with Crippen molar-refractivity contribution in [3.8, 4) is 0 Å². The molecular formula is C16H20F3N7O. The zero-order chi connectivity index (χ0) is 19.3. The standard InChI is InChI=1S/C16H20F3N7O/c17-16(18,19)13-2-6-26(23-13)12-14(27)20-5-7-24-8-10-25(11-9-24)15-21-3-1-4-22-15/h1-4,6H,5,7-12H2,(H,20,27). The lowest BCUT2D eigenvalue weighted by atomic mass is 10.3. The molecule has 0 aliphatic carbocycles. The fraction of sp³-hybridized carbons (Fsp3) is 0.500. The summed E-state index contributed by atoms with van der Waals surface area (Å²) in [6.07, 6.45) is 0.0605. The minimum absolute atomic E-state index is 0.241. The average Bonchev–Trinajstić information content (AvgIpc) is 3.12. The highest BCUT2D eigenvalue weighted by molar-refractivity contribution is 5.75. The van der Waals surface area contributed by atoms with Crippen molar-refractivity contribution in [1.82, 2.24) is 30.0 Å². The fourth-order valence-electron chi connectivity index (χ4n) is 2.78. The molecule has 1 fully saturated rings. The molecule has 1 saturated heterocycles. The van der Waals surface area contributed by atoms with E-state index < -0.39 is 11.9 Å². The largest absolute Gasteiger partial charge is 0.435 e. The number of piperazine rings is 1. The van der Waals surface area contributed by atoms with Crippen LogP contribution >= 0.6 is 0 Å². The van der Waals surface area contributed by atoms with E-state index in [0.717, 1.165) is 43.1 Å². The number of nitrogens with zero attached hydrogens (tertiary/aromatic N) is 6. The Kier molecular flexibility index (Phi) is 5.89. The molecule has 0 unspecified atom stereocenters. The highest BCUT2D eigenvalue weighted by Crippen LogP contribution is 2.27. The summed E-state index contributed by atoms with van der Waals surface area (Å²) in [5.41, 5.74) is -1.00. The molecule has 1 aliphatic heterocycles. The number of nitrogens with one attached hydrogen (secondary N) is 1. The number of amides is 1. The van der Waals surface area contributed by atoms with Crippen LogP contribution in [0.1, 0.15) is 5.69 Å². The third-order valence-electron chi connectivity index (χ3n) is 4.19. The second-order valence-electron chi connectivity index (χ2n) is 6.12. The minimum Gasteiger partial charge on any atom is -0.353 e. The number of carbonyl (C=O) groups is 1. The van der Waals surface area contributed by atoms with Crippen LogP contribution in [0, 0.1) is 0 Å². The van der Waals surface area contributed by atoms with Crippen LogP contribution < -0.4 is 10.2 Å². The van der Waals surface area contributed by atoms with Gasteiger partial charge in [-0.05, 0) is 12.1 Å². The Labute approximate surface area is 154 Å². The van der Waals surface area contributed by atoms with Crippen LogP contribution in [0.15, 0.2) is 30.7 Å². The second-order valence-corrected chi connectivity index (χ2v) is 6.12.